The number of phenolic OH excluding ortho intramolecular Hbond substituents is 1. The molecule has 0 heterocycles. The molecule has 0 aliphatic rings. The molecule has 7 heteroatoms. The zero-order valence-electron chi connectivity index (χ0n) is 24.1. The van der Waals surface area contributed by atoms with Crippen molar-refractivity contribution in [2.24, 2.45) is 10.2 Å². The van der Waals surface area contributed by atoms with E-state index < -0.39 is 5.91 Å². The minimum absolute atomic E-state index is 0.0906. The lowest BCUT2D eigenvalue weighted by Crippen LogP contribution is -2.14. The largest absolute Gasteiger partial charge is 0.506 e. The summed E-state index contributed by atoms with van der Waals surface area (Å²) in [7, 11) is 1.60. The molecule has 0 bridgehead atoms. The van der Waals surface area contributed by atoms with Gasteiger partial charge in [0.15, 0.2) is 0 Å². The highest BCUT2D eigenvalue weighted by atomic mass is 16.5. The summed E-state index contributed by atoms with van der Waals surface area (Å²) in [5, 5.41) is 23.8. The van der Waals surface area contributed by atoms with Crippen LogP contribution in [0, 0.1) is 0 Å². The van der Waals surface area contributed by atoms with Crippen molar-refractivity contribution in [1.29, 1.82) is 0 Å². The van der Waals surface area contributed by atoms with Crippen LogP contribution in [0.3, 0.4) is 0 Å². The number of anilines is 1. The van der Waals surface area contributed by atoms with Crippen LogP contribution in [0.4, 0.5) is 17.1 Å². The fourth-order valence-electron chi connectivity index (χ4n) is 4.48. The first-order valence-electron chi connectivity index (χ1n) is 13.8. The molecule has 0 radical (unpaired) electrons. The Hall–Kier alpha value is -5.17. The fourth-order valence-corrected chi connectivity index (χ4v) is 4.48. The summed E-state index contributed by atoms with van der Waals surface area (Å²) < 4.78 is 11.2. The van der Waals surface area contributed by atoms with Gasteiger partial charge in [-0.15, -0.1) is 5.11 Å². The van der Waals surface area contributed by atoms with Crippen molar-refractivity contribution in [2.45, 2.75) is 32.6 Å². The van der Waals surface area contributed by atoms with Crippen LogP contribution in [-0.4, -0.2) is 18.1 Å². The number of carbonyl (C=O) groups is 1. The van der Waals surface area contributed by atoms with Gasteiger partial charge in [-0.1, -0.05) is 57.2 Å². The van der Waals surface area contributed by atoms with Crippen molar-refractivity contribution in [3.05, 3.63) is 114 Å². The maximum Gasteiger partial charge on any atom is 0.259 e. The van der Waals surface area contributed by atoms with E-state index in [0.717, 1.165) is 12.2 Å². The standard InChI is InChI=1S/C35H33N3O4/c1-5-35(2,3)23-10-16-27(17-11-23)42-28-20-12-24(13-21-28)36-34(40)31-22-32(29-8-6-7-9-30(29)33(31)39)38-37-25-14-18-26(41-4)19-15-25/h6-22,39H,5H2,1-4H3,(H,36,40). The first-order chi connectivity index (χ1) is 20.3. The van der Waals surface area contributed by atoms with Gasteiger partial charge in [0.05, 0.1) is 24.0 Å². The normalized spacial score (nSPS) is 11.5. The second kappa shape index (κ2) is 12.1. The predicted octanol–water partition coefficient (Wildman–Crippen LogP) is 9.70. The van der Waals surface area contributed by atoms with Gasteiger partial charge in [-0.05, 0) is 84.1 Å². The zero-order chi connectivity index (χ0) is 29.7. The number of phenols is 1. The number of ether oxygens (including phenoxy) is 2. The molecule has 0 atom stereocenters. The first-order valence-corrected chi connectivity index (χ1v) is 13.8. The van der Waals surface area contributed by atoms with Gasteiger partial charge >= 0.3 is 0 Å². The van der Waals surface area contributed by atoms with Crippen LogP contribution in [0.1, 0.15) is 43.1 Å². The number of nitrogens with zero attached hydrogens (tertiary/aromatic N) is 2. The highest BCUT2D eigenvalue weighted by molar-refractivity contribution is 6.12. The first kappa shape index (κ1) is 28.4. The van der Waals surface area contributed by atoms with Crippen LogP contribution >= 0.6 is 0 Å². The zero-order valence-corrected chi connectivity index (χ0v) is 24.1. The Morgan fingerprint density at radius 3 is 2.02 bits per heavy atom. The average Bonchev–Trinajstić information content (AvgIpc) is 3.02. The van der Waals surface area contributed by atoms with E-state index >= 15 is 0 Å². The van der Waals surface area contributed by atoms with E-state index in [1.807, 2.05) is 24.3 Å². The van der Waals surface area contributed by atoms with E-state index in [2.05, 4.69) is 48.4 Å². The van der Waals surface area contributed by atoms with E-state index in [4.69, 9.17) is 9.47 Å². The minimum Gasteiger partial charge on any atom is -0.506 e. The van der Waals surface area contributed by atoms with E-state index in [9.17, 15) is 9.90 Å². The molecule has 212 valence electrons. The van der Waals surface area contributed by atoms with Gasteiger partial charge in [0.1, 0.15) is 23.0 Å². The highest BCUT2D eigenvalue weighted by Crippen LogP contribution is 2.37. The Kier molecular flexibility index (Phi) is 8.20. The minimum atomic E-state index is -0.470. The molecule has 0 saturated carbocycles. The van der Waals surface area contributed by atoms with Crippen molar-refractivity contribution in [3.8, 4) is 23.0 Å². The number of methoxy groups -OCH3 is 1. The highest BCUT2D eigenvalue weighted by Gasteiger charge is 2.19. The molecule has 5 rings (SSSR count). The smallest absolute Gasteiger partial charge is 0.259 e. The second-order valence-electron chi connectivity index (χ2n) is 10.6. The van der Waals surface area contributed by atoms with E-state index in [-0.39, 0.29) is 16.7 Å². The van der Waals surface area contributed by atoms with Crippen LogP contribution in [-0.2, 0) is 5.41 Å². The van der Waals surface area contributed by atoms with Crippen LogP contribution in [0.5, 0.6) is 23.0 Å². The molecule has 0 aliphatic carbocycles. The number of amides is 1. The summed E-state index contributed by atoms with van der Waals surface area (Å²) in [6.45, 7) is 6.63. The lowest BCUT2D eigenvalue weighted by Gasteiger charge is -2.23. The van der Waals surface area contributed by atoms with Gasteiger partial charge in [0.2, 0.25) is 0 Å². The van der Waals surface area contributed by atoms with Gasteiger partial charge in [-0.25, -0.2) is 0 Å². The second-order valence-corrected chi connectivity index (χ2v) is 10.6. The Bertz CT molecular complexity index is 1730. The molecule has 0 saturated heterocycles. The van der Waals surface area contributed by atoms with Crippen molar-refractivity contribution in [2.75, 3.05) is 12.4 Å². The topological polar surface area (TPSA) is 92.5 Å². The predicted molar refractivity (Wildman–Crippen MR) is 167 cm³/mol. The maximum atomic E-state index is 13.3. The fraction of sp³-hybridized carbons (Fsp3) is 0.171. The molecular weight excluding hydrogens is 526 g/mol. The molecule has 42 heavy (non-hydrogen) atoms. The Balaban J connectivity index is 1.34. The van der Waals surface area contributed by atoms with E-state index in [1.54, 1.807) is 73.8 Å². The van der Waals surface area contributed by atoms with Gasteiger partial charge in [-0.2, -0.15) is 5.11 Å². The van der Waals surface area contributed by atoms with Gasteiger partial charge in [0.25, 0.3) is 5.91 Å². The number of hydrogen-bond acceptors (Lipinski definition) is 6. The van der Waals surface area contributed by atoms with E-state index in [0.29, 0.717) is 39.3 Å². The monoisotopic (exact) mass is 559 g/mol. The number of benzene rings is 5. The third-order valence-corrected chi connectivity index (χ3v) is 7.45. The quantitative estimate of drug-likeness (QED) is 0.176. The summed E-state index contributed by atoms with van der Waals surface area (Å²) in [5.41, 5.74) is 3.10. The number of carbonyl (C=O) groups excluding carboxylic acids is 1. The molecule has 7 nitrogen and oxygen atoms in total. The molecule has 5 aromatic rings. The average molecular weight is 560 g/mol. The number of hydrogen-bond donors (Lipinski definition) is 2. The summed E-state index contributed by atoms with van der Waals surface area (Å²) in [6, 6.07) is 31.1. The summed E-state index contributed by atoms with van der Waals surface area (Å²) in [5.74, 6) is 1.50. The lowest BCUT2D eigenvalue weighted by atomic mass is 9.82. The van der Waals surface area contributed by atoms with Crippen molar-refractivity contribution < 1.29 is 19.4 Å². The number of azo groups is 1. The molecule has 0 fully saturated rings. The molecule has 0 aromatic heterocycles. The number of rotatable bonds is 9. The van der Waals surface area contributed by atoms with Gasteiger partial charge < -0.3 is 19.9 Å². The third kappa shape index (κ3) is 6.25. The van der Waals surface area contributed by atoms with Gasteiger partial charge in [0, 0.05) is 16.5 Å². The Morgan fingerprint density at radius 2 is 1.40 bits per heavy atom. The van der Waals surface area contributed by atoms with Crippen LogP contribution in [0.15, 0.2) is 113 Å². The van der Waals surface area contributed by atoms with Crippen LogP contribution < -0.4 is 14.8 Å². The Morgan fingerprint density at radius 1 is 0.810 bits per heavy atom. The lowest BCUT2D eigenvalue weighted by molar-refractivity contribution is 0.102. The van der Waals surface area contributed by atoms with E-state index in [1.165, 1.54) is 5.56 Å². The molecule has 1 amide bonds. The summed E-state index contributed by atoms with van der Waals surface area (Å²) in [4.78, 5) is 13.3. The number of fused-ring (bicyclic) bond motifs is 1. The van der Waals surface area contributed by atoms with Gasteiger partial charge in [-0.3, -0.25) is 4.79 Å². The SMILES string of the molecule is CCC(C)(C)c1ccc(Oc2ccc(NC(=O)c3cc(N=Nc4ccc(OC)cc4)c4ccccc4c3O)cc2)cc1. The number of nitrogens with one attached hydrogen (secondary N) is 1. The van der Waals surface area contributed by atoms with Crippen LogP contribution in [0.2, 0.25) is 0 Å². The molecule has 0 unspecified atom stereocenters. The number of aromatic hydroxyl groups is 1. The molecule has 2 N–H and O–H groups in total. The molecule has 0 aliphatic heterocycles. The summed E-state index contributed by atoms with van der Waals surface area (Å²) >= 11 is 0. The van der Waals surface area contributed by atoms with Crippen molar-refractivity contribution >= 4 is 33.7 Å². The molecular formula is C35H33N3O4. The van der Waals surface area contributed by atoms with Crippen LogP contribution in [0.25, 0.3) is 10.8 Å². The summed E-state index contributed by atoms with van der Waals surface area (Å²) in [6.07, 6.45) is 1.05. The third-order valence-electron chi connectivity index (χ3n) is 7.45. The molecule has 5 aromatic carbocycles. The Labute approximate surface area is 245 Å². The maximum absolute atomic E-state index is 13.3. The van der Waals surface area contributed by atoms with Crippen molar-refractivity contribution in [3.63, 3.8) is 0 Å². The van der Waals surface area contributed by atoms with Crippen molar-refractivity contribution in [1.82, 2.24) is 0 Å². The molecule has 0 spiro atoms.